The first kappa shape index (κ1) is 15.9. The first-order chi connectivity index (χ1) is 9.54. The second-order valence-electron chi connectivity index (χ2n) is 4.84. The lowest BCUT2D eigenvalue weighted by atomic mass is 10.1. The summed E-state index contributed by atoms with van der Waals surface area (Å²) in [5.41, 5.74) is 1.97. The number of carboxylic acid groups (broad SMARTS) is 1. The van der Waals surface area contributed by atoms with Crippen LogP contribution in [0.15, 0.2) is 30.3 Å². The van der Waals surface area contributed by atoms with E-state index >= 15 is 0 Å². The van der Waals surface area contributed by atoms with Gasteiger partial charge < -0.3 is 5.11 Å². The maximum atomic E-state index is 10.6. The molecule has 0 atom stereocenters. The van der Waals surface area contributed by atoms with Gasteiger partial charge in [0.25, 0.3) is 0 Å². The van der Waals surface area contributed by atoms with Crippen molar-refractivity contribution in [2.75, 3.05) is 6.54 Å². The monoisotopic (exact) mass is 272 g/mol. The van der Waals surface area contributed by atoms with Crippen molar-refractivity contribution in [3.05, 3.63) is 41.5 Å². The summed E-state index contributed by atoms with van der Waals surface area (Å²) < 4.78 is 0. The van der Waals surface area contributed by atoms with Crippen molar-refractivity contribution in [2.24, 2.45) is 0 Å². The van der Waals surface area contributed by atoms with Crippen LogP contribution >= 0.6 is 0 Å². The van der Waals surface area contributed by atoms with Gasteiger partial charge in [0.2, 0.25) is 0 Å². The molecule has 1 aromatic rings. The van der Waals surface area contributed by atoms with Crippen LogP contribution in [-0.2, 0) is 11.3 Å². The summed E-state index contributed by atoms with van der Waals surface area (Å²) >= 11 is 0. The first-order valence-corrected chi connectivity index (χ1v) is 6.64. The van der Waals surface area contributed by atoms with Crippen LogP contribution in [0.4, 0.5) is 0 Å². The lowest BCUT2D eigenvalue weighted by molar-refractivity contribution is -0.131. The van der Waals surface area contributed by atoms with Crippen LogP contribution in [-0.4, -0.2) is 28.6 Å². The number of nitrogens with zero attached hydrogens (tertiary/aromatic N) is 2. The van der Waals surface area contributed by atoms with E-state index in [1.54, 1.807) is 6.08 Å². The van der Waals surface area contributed by atoms with Gasteiger partial charge in [0.1, 0.15) is 0 Å². The van der Waals surface area contributed by atoms with E-state index in [1.165, 1.54) is 0 Å². The van der Waals surface area contributed by atoms with E-state index in [2.05, 4.69) is 24.8 Å². The maximum Gasteiger partial charge on any atom is 0.328 e. The average molecular weight is 272 g/mol. The zero-order chi connectivity index (χ0) is 15.0. The Morgan fingerprint density at radius 2 is 2.15 bits per heavy atom. The molecule has 1 aromatic carbocycles. The Morgan fingerprint density at radius 1 is 1.45 bits per heavy atom. The lowest BCUT2D eigenvalue weighted by Gasteiger charge is -2.26. The number of nitriles is 1. The van der Waals surface area contributed by atoms with Gasteiger partial charge in [-0.2, -0.15) is 5.26 Å². The number of rotatable bonds is 7. The smallest absolute Gasteiger partial charge is 0.328 e. The van der Waals surface area contributed by atoms with Gasteiger partial charge >= 0.3 is 5.97 Å². The molecule has 0 unspecified atom stereocenters. The normalized spacial score (nSPS) is 11.2. The lowest BCUT2D eigenvalue weighted by Crippen LogP contribution is -2.31. The summed E-state index contributed by atoms with van der Waals surface area (Å²) in [4.78, 5) is 12.8. The molecule has 106 valence electrons. The Bertz CT molecular complexity index is 515. The van der Waals surface area contributed by atoms with Crippen LogP contribution in [0.2, 0.25) is 0 Å². The van der Waals surface area contributed by atoms with Crippen LogP contribution < -0.4 is 0 Å². The van der Waals surface area contributed by atoms with Crippen LogP contribution in [0.5, 0.6) is 0 Å². The molecule has 0 aliphatic heterocycles. The van der Waals surface area contributed by atoms with E-state index in [1.807, 2.05) is 24.3 Å². The predicted molar refractivity (Wildman–Crippen MR) is 78.9 cm³/mol. The summed E-state index contributed by atoms with van der Waals surface area (Å²) in [6.07, 6.45) is 3.25. The Balaban J connectivity index is 2.89. The summed E-state index contributed by atoms with van der Waals surface area (Å²) in [5.74, 6) is -0.954. The van der Waals surface area contributed by atoms with Crippen molar-refractivity contribution in [2.45, 2.75) is 32.9 Å². The molecule has 4 nitrogen and oxygen atoms in total. The SMILES string of the molecule is CC(C)N(CCC#N)Cc1ccccc1C=CC(=O)O. The standard InChI is InChI=1S/C16H20N2O2/c1-13(2)18(11-5-10-17)12-15-7-4-3-6-14(15)8-9-16(19)20/h3-4,6-9,13H,5,11-12H2,1-2H3,(H,19,20). The van der Waals surface area contributed by atoms with Gasteiger partial charge in [0.05, 0.1) is 6.07 Å². The molecule has 0 spiro atoms. The van der Waals surface area contributed by atoms with Crippen molar-refractivity contribution in [3.8, 4) is 6.07 Å². The fourth-order valence-electron chi connectivity index (χ4n) is 1.93. The summed E-state index contributed by atoms with van der Waals surface area (Å²) in [6.45, 7) is 5.60. The first-order valence-electron chi connectivity index (χ1n) is 6.64. The molecule has 0 amide bonds. The van der Waals surface area contributed by atoms with Crippen LogP contribution in [0, 0.1) is 11.3 Å². The Morgan fingerprint density at radius 3 is 2.75 bits per heavy atom. The minimum Gasteiger partial charge on any atom is -0.478 e. The summed E-state index contributed by atoms with van der Waals surface area (Å²) in [7, 11) is 0. The Hall–Kier alpha value is -2.12. The molecule has 0 aromatic heterocycles. The van der Waals surface area contributed by atoms with Gasteiger partial charge in [-0.1, -0.05) is 24.3 Å². The third kappa shape index (κ3) is 5.25. The highest BCUT2D eigenvalue weighted by Gasteiger charge is 2.11. The fourth-order valence-corrected chi connectivity index (χ4v) is 1.93. The van der Waals surface area contributed by atoms with Gasteiger partial charge in [-0.3, -0.25) is 4.90 Å². The molecule has 0 radical (unpaired) electrons. The van der Waals surface area contributed by atoms with Crippen molar-refractivity contribution < 1.29 is 9.90 Å². The number of hydrogen-bond donors (Lipinski definition) is 1. The second kappa shape index (κ2) is 8.13. The summed E-state index contributed by atoms with van der Waals surface area (Å²) in [5, 5.41) is 17.4. The molecule has 1 N–H and O–H groups in total. The topological polar surface area (TPSA) is 64.3 Å². The van der Waals surface area contributed by atoms with Crippen molar-refractivity contribution in [1.29, 1.82) is 5.26 Å². The quantitative estimate of drug-likeness (QED) is 0.775. The molecule has 0 aliphatic carbocycles. The molecule has 1 rings (SSSR count). The number of aliphatic carboxylic acids is 1. The number of carbonyl (C=O) groups is 1. The third-order valence-corrected chi connectivity index (χ3v) is 3.08. The largest absolute Gasteiger partial charge is 0.478 e. The molecule has 20 heavy (non-hydrogen) atoms. The van der Waals surface area contributed by atoms with Crippen LogP contribution in [0.3, 0.4) is 0 Å². The molecule has 0 fully saturated rings. The molecule has 0 heterocycles. The van der Waals surface area contributed by atoms with E-state index in [-0.39, 0.29) is 0 Å². The predicted octanol–water partition coefficient (Wildman–Crippen LogP) is 2.91. The van der Waals surface area contributed by atoms with Gasteiger partial charge in [-0.15, -0.1) is 0 Å². The zero-order valence-electron chi connectivity index (χ0n) is 11.9. The molecule has 0 aliphatic rings. The number of benzene rings is 1. The third-order valence-electron chi connectivity index (χ3n) is 3.08. The average Bonchev–Trinajstić information content (AvgIpc) is 2.41. The molecule has 0 saturated heterocycles. The van der Waals surface area contributed by atoms with Crippen molar-refractivity contribution in [1.82, 2.24) is 4.90 Å². The number of carboxylic acids is 1. The fraction of sp³-hybridized carbons (Fsp3) is 0.375. The molecule has 4 heteroatoms. The van der Waals surface area contributed by atoms with Gasteiger partial charge in [-0.05, 0) is 31.1 Å². The van der Waals surface area contributed by atoms with E-state index < -0.39 is 5.97 Å². The number of hydrogen-bond acceptors (Lipinski definition) is 3. The minimum atomic E-state index is -0.954. The van der Waals surface area contributed by atoms with Crippen molar-refractivity contribution >= 4 is 12.0 Å². The van der Waals surface area contributed by atoms with Crippen molar-refractivity contribution in [3.63, 3.8) is 0 Å². The highest BCUT2D eigenvalue weighted by atomic mass is 16.4. The van der Waals surface area contributed by atoms with Gasteiger partial charge in [0.15, 0.2) is 0 Å². The van der Waals surface area contributed by atoms with Crippen LogP contribution in [0.1, 0.15) is 31.4 Å². The highest BCUT2D eigenvalue weighted by Crippen LogP contribution is 2.15. The maximum absolute atomic E-state index is 10.6. The molecule has 0 bridgehead atoms. The highest BCUT2D eigenvalue weighted by molar-refractivity contribution is 5.85. The van der Waals surface area contributed by atoms with E-state index in [9.17, 15) is 4.79 Å². The Labute approximate surface area is 119 Å². The molecule has 0 saturated carbocycles. The van der Waals surface area contributed by atoms with Gasteiger partial charge in [0, 0.05) is 31.6 Å². The molecular weight excluding hydrogens is 252 g/mol. The zero-order valence-corrected chi connectivity index (χ0v) is 11.9. The van der Waals surface area contributed by atoms with Gasteiger partial charge in [-0.25, -0.2) is 4.79 Å². The Kier molecular flexibility index (Phi) is 6.48. The second-order valence-corrected chi connectivity index (χ2v) is 4.84. The molecular formula is C16H20N2O2. The summed E-state index contributed by atoms with van der Waals surface area (Å²) in [6, 6.07) is 10.2. The minimum absolute atomic E-state index is 0.333. The van der Waals surface area contributed by atoms with E-state index in [0.717, 1.165) is 17.2 Å². The van der Waals surface area contributed by atoms with Crippen LogP contribution in [0.25, 0.3) is 6.08 Å². The van der Waals surface area contributed by atoms with E-state index in [0.29, 0.717) is 25.6 Å². The van der Waals surface area contributed by atoms with E-state index in [4.69, 9.17) is 10.4 Å².